The minimum atomic E-state index is -0.438. The zero-order valence-corrected chi connectivity index (χ0v) is 14.5. The van der Waals surface area contributed by atoms with Crippen LogP contribution in [0.4, 0.5) is 15.8 Å². The summed E-state index contributed by atoms with van der Waals surface area (Å²) in [5.41, 5.74) is 2.57. The van der Waals surface area contributed by atoms with Crippen LogP contribution in [0.25, 0.3) is 0 Å². The highest BCUT2D eigenvalue weighted by atomic mass is 35.5. The lowest BCUT2D eigenvalue weighted by molar-refractivity contribution is 0.0801. The number of carbonyl (C=O) groups excluding carboxylic acids is 1. The number of halogens is 2. The first-order valence-electron chi connectivity index (χ1n) is 7.40. The Morgan fingerprint density at radius 2 is 1.91 bits per heavy atom. The Balaban J connectivity index is 2.51. The SMILES string of the molecule is CCN(C)C(=O)c1cc(F)cc(N(C)c2cccc(Cl)c2)c1C. The lowest BCUT2D eigenvalue weighted by Crippen LogP contribution is -2.27. The van der Waals surface area contributed by atoms with E-state index in [4.69, 9.17) is 11.6 Å². The van der Waals surface area contributed by atoms with Gasteiger partial charge in [-0.2, -0.15) is 0 Å². The predicted molar refractivity (Wildman–Crippen MR) is 93.3 cm³/mol. The van der Waals surface area contributed by atoms with E-state index in [9.17, 15) is 9.18 Å². The van der Waals surface area contributed by atoms with Gasteiger partial charge in [-0.25, -0.2) is 4.39 Å². The highest BCUT2D eigenvalue weighted by molar-refractivity contribution is 6.30. The predicted octanol–water partition coefficient (Wildman–Crippen LogP) is 4.65. The van der Waals surface area contributed by atoms with E-state index in [0.717, 1.165) is 11.3 Å². The van der Waals surface area contributed by atoms with Crippen LogP contribution >= 0.6 is 11.6 Å². The lowest BCUT2D eigenvalue weighted by Gasteiger charge is -2.24. The molecule has 2 aromatic rings. The second kappa shape index (κ2) is 7.01. The lowest BCUT2D eigenvalue weighted by atomic mass is 10.0. The third-order valence-corrected chi connectivity index (χ3v) is 4.19. The molecule has 0 radical (unpaired) electrons. The Bertz CT molecular complexity index is 733. The van der Waals surface area contributed by atoms with Crippen molar-refractivity contribution in [2.45, 2.75) is 13.8 Å². The molecule has 0 bridgehead atoms. The van der Waals surface area contributed by atoms with E-state index < -0.39 is 5.82 Å². The molecule has 3 nitrogen and oxygen atoms in total. The van der Waals surface area contributed by atoms with Crippen LogP contribution in [-0.4, -0.2) is 31.4 Å². The Morgan fingerprint density at radius 1 is 1.22 bits per heavy atom. The van der Waals surface area contributed by atoms with Gasteiger partial charge in [0.15, 0.2) is 0 Å². The van der Waals surface area contributed by atoms with Gasteiger partial charge in [-0.3, -0.25) is 4.79 Å². The van der Waals surface area contributed by atoms with E-state index in [1.807, 2.05) is 37.9 Å². The zero-order valence-electron chi connectivity index (χ0n) is 13.7. The molecule has 0 atom stereocenters. The van der Waals surface area contributed by atoms with Crippen molar-refractivity contribution in [3.63, 3.8) is 0 Å². The number of rotatable bonds is 4. The van der Waals surface area contributed by atoms with Crippen molar-refractivity contribution in [3.8, 4) is 0 Å². The first-order chi connectivity index (χ1) is 10.8. The van der Waals surface area contributed by atoms with Crippen molar-refractivity contribution in [3.05, 3.63) is 58.4 Å². The molecule has 2 aromatic carbocycles. The second-order valence-electron chi connectivity index (χ2n) is 5.46. The normalized spacial score (nSPS) is 10.5. The van der Waals surface area contributed by atoms with Crippen LogP contribution in [0.15, 0.2) is 36.4 Å². The number of anilines is 2. The van der Waals surface area contributed by atoms with Gasteiger partial charge in [0, 0.05) is 42.6 Å². The molecule has 0 aliphatic heterocycles. The van der Waals surface area contributed by atoms with E-state index in [1.54, 1.807) is 24.1 Å². The Kier molecular flexibility index (Phi) is 5.26. The van der Waals surface area contributed by atoms with Crippen molar-refractivity contribution >= 4 is 28.9 Å². The molecular formula is C18H20ClFN2O. The van der Waals surface area contributed by atoms with Gasteiger partial charge >= 0.3 is 0 Å². The fourth-order valence-electron chi connectivity index (χ4n) is 2.41. The van der Waals surface area contributed by atoms with Crippen molar-refractivity contribution in [1.82, 2.24) is 4.90 Å². The summed E-state index contributed by atoms with van der Waals surface area (Å²) in [4.78, 5) is 15.8. The Morgan fingerprint density at radius 3 is 2.52 bits per heavy atom. The van der Waals surface area contributed by atoms with E-state index in [-0.39, 0.29) is 5.91 Å². The number of amides is 1. The quantitative estimate of drug-likeness (QED) is 0.812. The average molecular weight is 335 g/mol. The van der Waals surface area contributed by atoms with Crippen LogP contribution < -0.4 is 4.90 Å². The van der Waals surface area contributed by atoms with E-state index >= 15 is 0 Å². The number of nitrogens with zero attached hydrogens (tertiary/aromatic N) is 2. The third kappa shape index (κ3) is 3.64. The smallest absolute Gasteiger partial charge is 0.254 e. The maximum absolute atomic E-state index is 14.1. The monoisotopic (exact) mass is 334 g/mol. The number of benzene rings is 2. The van der Waals surface area contributed by atoms with Gasteiger partial charge in [-0.1, -0.05) is 17.7 Å². The average Bonchev–Trinajstić information content (AvgIpc) is 2.54. The highest BCUT2D eigenvalue weighted by Crippen LogP contribution is 2.31. The molecule has 0 heterocycles. The molecule has 1 amide bonds. The fraction of sp³-hybridized carbons (Fsp3) is 0.278. The molecule has 0 saturated heterocycles. The van der Waals surface area contributed by atoms with Gasteiger partial charge in [0.05, 0.1) is 0 Å². The van der Waals surface area contributed by atoms with Gasteiger partial charge in [0.1, 0.15) is 5.82 Å². The van der Waals surface area contributed by atoms with Crippen LogP contribution in [-0.2, 0) is 0 Å². The molecule has 0 N–H and O–H groups in total. The van der Waals surface area contributed by atoms with Crippen LogP contribution in [0.1, 0.15) is 22.8 Å². The molecule has 2 rings (SSSR count). The summed E-state index contributed by atoms with van der Waals surface area (Å²) < 4.78 is 14.1. The van der Waals surface area contributed by atoms with E-state index in [2.05, 4.69) is 0 Å². The van der Waals surface area contributed by atoms with E-state index in [1.165, 1.54) is 12.1 Å². The van der Waals surface area contributed by atoms with Gasteiger partial charge in [0.2, 0.25) is 0 Å². The zero-order chi connectivity index (χ0) is 17.1. The summed E-state index contributed by atoms with van der Waals surface area (Å²) in [6.45, 7) is 4.27. The molecule has 0 aliphatic carbocycles. The van der Waals surface area contributed by atoms with Crippen molar-refractivity contribution in [1.29, 1.82) is 0 Å². The summed E-state index contributed by atoms with van der Waals surface area (Å²) in [5.74, 6) is -0.627. The molecule has 122 valence electrons. The standard InChI is InChI=1S/C18H20ClFN2O/c1-5-21(3)18(23)16-10-14(20)11-17(12(16)2)22(4)15-8-6-7-13(19)9-15/h6-11H,5H2,1-4H3. The first kappa shape index (κ1) is 17.3. The third-order valence-electron chi connectivity index (χ3n) is 3.95. The van der Waals surface area contributed by atoms with Gasteiger partial charge in [-0.15, -0.1) is 0 Å². The molecule has 0 aliphatic rings. The first-order valence-corrected chi connectivity index (χ1v) is 7.77. The summed E-state index contributed by atoms with van der Waals surface area (Å²) >= 11 is 6.03. The van der Waals surface area contributed by atoms with Gasteiger partial charge < -0.3 is 9.80 Å². The summed E-state index contributed by atoms with van der Waals surface area (Å²) in [6, 6.07) is 10.0. The number of hydrogen-bond acceptors (Lipinski definition) is 2. The fourth-order valence-corrected chi connectivity index (χ4v) is 2.59. The highest BCUT2D eigenvalue weighted by Gasteiger charge is 2.19. The summed E-state index contributed by atoms with van der Waals surface area (Å²) in [6.07, 6.45) is 0. The molecule has 0 unspecified atom stereocenters. The molecular weight excluding hydrogens is 315 g/mol. The Labute approximate surface area is 141 Å². The van der Waals surface area contributed by atoms with Crippen LogP contribution in [0.2, 0.25) is 5.02 Å². The van der Waals surface area contributed by atoms with Gasteiger partial charge in [0.25, 0.3) is 5.91 Å². The molecule has 23 heavy (non-hydrogen) atoms. The minimum absolute atomic E-state index is 0.190. The van der Waals surface area contributed by atoms with Crippen LogP contribution in [0, 0.1) is 12.7 Å². The second-order valence-corrected chi connectivity index (χ2v) is 5.89. The molecule has 0 aromatic heterocycles. The van der Waals surface area contributed by atoms with Crippen molar-refractivity contribution in [2.24, 2.45) is 0 Å². The van der Waals surface area contributed by atoms with Crippen LogP contribution in [0.3, 0.4) is 0 Å². The Hall–Kier alpha value is -2.07. The minimum Gasteiger partial charge on any atom is -0.344 e. The number of hydrogen-bond donors (Lipinski definition) is 0. The van der Waals surface area contributed by atoms with Crippen molar-refractivity contribution in [2.75, 3.05) is 25.5 Å². The van der Waals surface area contributed by atoms with Gasteiger partial charge in [-0.05, 0) is 49.7 Å². The maximum Gasteiger partial charge on any atom is 0.254 e. The topological polar surface area (TPSA) is 23.6 Å². The largest absolute Gasteiger partial charge is 0.344 e. The molecule has 5 heteroatoms. The molecule has 0 spiro atoms. The molecule has 0 fully saturated rings. The van der Waals surface area contributed by atoms with E-state index in [0.29, 0.717) is 22.8 Å². The van der Waals surface area contributed by atoms with Crippen LogP contribution in [0.5, 0.6) is 0 Å². The number of carbonyl (C=O) groups is 1. The summed E-state index contributed by atoms with van der Waals surface area (Å²) in [7, 11) is 3.53. The molecule has 0 saturated carbocycles. The summed E-state index contributed by atoms with van der Waals surface area (Å²) in [5, 5.41) is 0.602. The maximum atomic E-state index is 14.1. The van der Waals surface area contributed by atoms with Crippen molar-refractivity contribution < 1.29 is 9.18 Å².